The topological polar surface area (TPSA) is 92.4 Å². The van der Waals surface area contributed by atoms with E-state index in [4.69, 9.17) is 4.52 Å². The highest BCUT2D eigenvalue weighted by molar-refractivity contribution is 5.85. The van der Waals surface area contributed by atoms with Gasteiger partial charge < -0.3 is 14.9 Å². The van der Waals surface area contributed by atoms with Gasteiger partial charge >= 0.3 is 5.97 Å². The first-order valence-electron chi connectivity index (χ1n) is 6.51. The van der Waals surface area contributed by atoms with Crippen molar-refractivity contribution in [1.29, 1.82) is 0 Å². The maximum atomic E-state index is 12.1. The van der Waals surface area contributed by atoms with Crippen LogP contribution in [0.25, 0.3) is 0 Å². The van der Waals surface area contributed by atoms with E-state index in [1.165, 1.54) is 6.20 Å². The molecule has 104 valence electrons. The molecule has 1 aromatic rings. The number of carboxylic acid groups (broad SMARTS) is 1. The Labute approximate surface area is 111 Å². The minimum atomic E-state index is -0.879. The number of hydrogen-bond acceptors (Lipinski definition) is 4. The molecule has 0 radical (unpaired) electrons. The van der Waals surface area contributed by atoms with Crippen molar-refractivity contribution >= 4 is 11.9 Å². The van der Waals surface area contributed by atoms with E-state index in [0.29, 0.717) is 24.5 Å². The molecule has 6 heteroatoms. The number of aromatic nitrogens is 1. The molecule has 1 heterocycles. The van der Waals surface area contributed by atoms with Gasteiger partial charge in [-0.15, -0.1) is 0 Å². The fraction of sp³-hybridized carbons (Fsp3) is 0.615. The number of amides is 1. The smallest absolute Gasteiger partial charge is 0.307 e. The van der Waals surface area contributed by atoms with Crippen molar-refractivity contribution in [1.82, 2.24) is 10.5 Å². The van der Waals surface area contributed by atoms with E-state index in [1.54, 1.807) is 6.07 Å². The minimum Gasteiger partial charge on any atom is -0.481 e. The van der Waals surface area contributed by atoms with Gasteiger partial charge in [-0.25, -0.2) is 0 Å². The molecular weight excluding hydrogens is 248 g/mol. The van der Waals surface area contributed by atoms with Gasteiger partial charge in [0.15, 0.2) is 5.76 Å². The summed E-state index contributed by atoms with van der Waals surface area (Å²) in [5.74, 6) is -1.21. The lowest BCUT2D eigenvalue weighted by Crippen LogP contribution is -2.34. The first-order valence-corrected chi connectivity index (χ1v) is 6.51. The fourth-order valence-electron chi connectivity index (χ4n) is 2.68. The molecule has 2 N–H and O–H groups in total. The maximum Gasteiger partial charge on any atom is 0.307 e. The van der Waals surface area contributed by atoms with E-state index >= 15 is 0 Å². The Bertz CT molecular complexity index is 444. The van der Waals surface area contributed by atoms with E-state index in [9.17, 15) is 14.7 Å². The number of carbonyl (C=O) groups excluding carboxylic acids is 1. The quantitative estimate of drug-likeness (QED) is 0.841. The fourth-order valence-corrected chi connectivity index (χ4v) is 2.68. The minimum absolute atomic E-state index is 0.209. The molecule has 0 bridgehead atoms. The Hall–Kier alpha value is -1.85. The number of carbonyl (C=O) groups is 2. The summed E-state index contributed by atoms with van der Waals surface area (Å²) < 4.78 is 4.88. The second kappa shape index (κ2) is 5.86. The second-order valence-corrected chi connectivity index (χ2v) is 4.99. The largest absolute Gasteiger partial charge is 0.481 e. The van der Waals surface area contributed by atoms with E-state index < -0.39 is 17.8 Å². The van der Waals surface area contributed by atoms with Gasteiger partial charge in [-0.05, 0) is 18.8 Å². The molecule has 3 unspecified atom stereocenters. The standard InChI is InChI=1S/C13H18N2O4/c1-2-8-5-10(11(6-8)13(17)18)12(16)14-7-9-3-4-15-19-9/h3-4,8,10-11H,2,5-7H2,1H3,(H,14,16)(H,17,18). The van der Waals surface area contributed by atoms with Crippen molar-refractivity contribution in [2.45, 2.75) is 32.7 Å². The van der Waals surface area contributed by atoms with Crippen LogP contribution in [0.5, 0.6) is 0 Å². The van der Waals surface area contributed by atoms with Gasteiger partial charge in [-0.2, -0.15) is 0 Å². The highest BCUT2D eigenvalue weighted by Crippen LogP contribution is 2.38. The van der Waals surface area contributed by atoms with Crippen molar-refractivity contribution in [3.8, 4) is 0 Å². The summed E-state index contributed by atoms with van der Waals surface area (Å²) in [6.07, 6.45) is 3.65. The maximum absolute atomic E-state index is 12.1. The molecule has 0 spiro atoms. The predicted octanol–water partition coefficient (Wildman–Crippen LogP) is 1.43. The van der Waals surface area contributed by atoms with E-state index in [2.05, 4.69) is 10.5 Å². The van der Waals surface area contributed by atoms with Crippen LogP contribution in [0, 0.1) is 17.8 Å². The molecule has 1 fully saturated rings. The van der Waals surface area contributed by atoms with Gasteiger partial charge in [0.25, 0.3) is 0 Å². The molecule has 6 nitrogen and oxygen atoms in total. The normalized spacial score (nSPS) is 26.3. The zero-order chi connectivity index (χ0) is 13.8. The summed E-state index contributed by atoms with van der Waals surface area (Å²) in [6, 6.07) is 1.67. The third-order valence-corrected chi connectivity index (χ3v) is 3.82. The molecule has 1 amide bonds. The third-order valence-electron chi connectivity index (χ3n) is 3.82. The van der Waals surface area contributed by atoms with Crippen LogP contribution in [0.4, 0.5) is 0 Å². The van der Waals surface area contributed by atoms with Crippen LogP contribution in [0.15, 0.2) is 16.8 Å². The Morgan fingerprint density at radius 3 is 2.79 bits per heavy atom. The predicted molar refractivity (Wildman–Crippen MR) is 66.0 cm³/mol. The Morgan fingerprint density at radius 2 is 2.21 bits per heavy atom. The lowest BCUT2D eigenvalue weighted by Gasteiger charge is -2.14. The zero-order valence-corrected chi connectivity index (χ0v) is 10.8. The summed E-state index contributed by atoms with van der Waals surface area (Å²) in [5, 5.41) is 15.5. The number of hydrogen-bond donors (Lipinski definition) is 2. The summed E-state index contributed by atoms with van der Waals surface area (Å²) in [5.41, 5.74) is 0. The summed E-state index contributed by atoms with van der Waals surface area (Å²) in [4.78, 5) is 23.3. The number of aliphatic carboxylic acids is 1. The molecule has 1 aromatic heterocycles. The summed E-state index contributed by atoms with van der Waals surface area (Å²) in [6.45, 7) is 2.27. The van der Waals surface area contributed by atoms with Gasteiger partial charge in [0.05, 0.1) is 24.6 Å². The molecule has 0 aliphatic heterocycles. The molecule has 1 aliphatic carbocycles. The van der Waals surface area contributed by atoms with Crippen LogP contribution < -0.4 is 5.32 Å². The number of nitrogens with zero attached hydrogens (tertiary/aromatic N) is 1. The first-order chi connectivity index (χ1) is 9.11. The van der Waals surface area contributed by atoms with Crippen LogP contribution in [0.3, 0.4) is 0 Å². The first kappa shape index (κ1) is 13.6. The average molecular weight is 266 g/mol. The Morgan fingerprint density at radius 1 is 1.47 bits per heavy atom. The van der Waals surface area contributed by atoms with Crippen LogP contribution >= 0.6 is 0 Å². The van der Waals surface area contributed by atoms with Crippen molar-refractivity contribution in [3.05, 3.63) is 18.0 Å². The summed E-state index contributed by atoms with van der Waals surface area (Å²) in [7, 11) is 0. The lowest BCUT2D eigenvalue weighted by molar-refractivity contribution is -0.146. The van der Waals surface area contributed by atoms with Gasteiger partial charge in [0.1, 0.15) is 0 Å². The third kappa shape index (κ3) is 3.13. The number of carboxylic acids is 1. The summed E-state index contributed by atoms with van der Waals surface area (Å²) >= 11 is 0. The van der Waals surface area contributed by atoms with Crippen molar-refractivity contribution in [2.75, 3.05) is 0 Å². The lowest BCUT2D eigenvalue weighted by atomic mass is 9.95. The number of nitrogens with one attached hydrogen (secondary N) is 1. The van der Waals surface area contributed by atoms with Crippen molar-refractivity contribution in [3.63, 3.8) is 0 Å². The molecule has 0 saturated heterocycles. The van der Waals surface area contributed by atoms with Gasteiger partial charge in [0.2, 0.25) is 5.91 Å². The monoisotopic (exact) mass is 266 g/mol. The second-order valence-electron chi connectivity index (χ2n) is 4.99. The Kier molecular flexibility index (Phi) is 4.19. The molecule has 19 heavy (non-hydrogen) atoms. The van der Waals surface area contributed by atoms with E-state index in [0.717, 1.165) is 6.42 Å². The van der Waals surface area contributed by atoms with Crippen LogP contribution in [-0.2, 0) is 16.1 Å². The van der Waals surface area contributed by atoms with Gasteiger partial charge in [0, 0.05) is 6.07 Å². The Balaban J connectivity index is 1.94. The van der Waals surface area contributed by atoms with Crippen LogP contribution in [0.2, 0.25) is 0 Å². The van der Waals surface area contributed by atoms with Crippen molar-refractivity contribution < 1.29 is 19.2 Å². The molecular formula is C13H18N2O4. The molecule has 1 saturated carbocycles. The van der Waals surface area contributed by atoms with Crippen LogP contribution in [0.1, 0.15) is 31.9 Å². The van der Waals surface area contributed by atoms with E-state index in [1.807, 2.05) is 6.92 Å². The average Bonchev–Trinajstić information content (AvgIpc) is 3.04. The molecule has 3 atom stereocenters. The highest BCUT2D eigenvalue weighted by atomic mass is 16.5. The van der Waals surface area contributed by atoms with Crippen LogP contribution in [-0.4, -0.2) is 22.1 Å². The zero-order valence-electron chi connectivity index (χ0n) is 10.8. The molecule has 0 aromatic carbocycles. The van der Waals surface area contributed by atoms with Crippen molar-refractivity contribution in [2.24, 2.45) is 17.8 Å². The molecule has 1 aliphatic rings. The SMILES string of the molecule is CCC1CC(C(=O)O)C(C(=O)NCc2ccno2)C1. The highest BCUT2D eigenvalue weighted by Gasteiger charge is 2.41. The molecule has 2 rings (SSSR count). The number of rotatable bonds is 5. The van der Waals surface area contributed by atoms with Gasteiger partial charge in [-0.3, -0.25) is 9.59 Å². The van der Waals surface area contributed by atoms with Gasteiger partial charge in [-0.1, -0.05) is 18.5 Å². The van der Waals surface area contributed by atoms with E-state index in [-0.39, 0.29) is 12.5 Å².